The fraction of sp³-hybridized carbons (Fsp3) is 0.190. The summed E-state index contributed by atoms with van der Waals surface area (Å²) >= 11 is 0. The first-order valence-corrected chi connectivity index (χ1v) is 9.55. The summed E-state index contributed by atoms with van der Waals surface area (Å²) < 4.78 is 27.8. The van der Waals surface area contributed by atoms with E-state index in [9.17, 15) is 18.4 Å². The zero-order valence-electron chi connectivity index (χ0n) is 16.3. The molecule has 4 rings (SSSR count). The molecule has 1 fully saturated rings. The molecule has 1 aliphatic rings. The molecule has 0 aliphatic carbocycles. The van der Waals surface area contributed by atoms with E-state index in [4.69, 9.17) is 0 Å². The van der Waals surface area contributed by atoms with Gasteiger partial charge in [-0.15, -0.1) is 0 Å². The van der Waals surface area contributed by atoms with Crippen molar-refractivity contribution in [2.45, 2.75) is 0 Å². The lowest BCUT2D eigenvalue weighted by Gasteiger charge is -2.35. The molecule has 8 nitrogen and oxygen atoms in total. The van der Waals surface area contributed by atoms with Gasteiger partial charge in [0.2, 0.25) is 0 Å². The van der Waals surface area contributed by atoms with Crippen LogP contribution in [0.5, 0.6) is 0 Å². The van der Waals surface area contributed by atoms with Crippen LogP contribution < -0.4 is 10.2 Å². The predicted octanol–water partition coefficient (Wildman–Crippen LogP) is 2.36. The fourth-order valence-corrected chi connectivity index (χ4v) is 3.23. The average molecular weight is 424 g/mol. The minimum Gasteiger partial charge on any atom is -0.352 e. The maximum atomic E-state index is 13.9. The number of nitrogens with one attached hydrogen (secondary N) is 1. The molecule has 2 amide bonds. The molecule has 1 aliphatic heterocycles. The summed E-state index contributed by atoms with van der Waals surface area (Å²) in [6, 6.07) is 8.48. The number of nitrogens with zero attached hydrogens (tertiary/aromatic N) is 5. The second kappa shape index (κ2) is 8.82. The fourth-order valence-electron chi connectivity index (χ4n) is 3.23. The van der Waals surface area contributed by atoms with E-state index in [2.05, 4.69) is 20.3 Å². The Bertz CT molecular complexity index is 1080. The molecule has 2 aromatic heterocycles. The van der Waals surface area contributed by atoms with Crippen molar-refractivity contribution >= 4 is 23.5 Å². The van der Waals surface area contributed by atoms with E-state index < -0.39 is 29.0 Å². The average Bonchev–Trinajstić information content (AvgIpc) is 2.80. The van der Waals surface area contributed by atoms with Crippen LogP contribution in [0, 0.1) is 11.6 Å². The van der Waals surface area contributed by atoms with E-state index in [1.165, 1.54) is 23.4 Å². The van der Waals surface area contributed by atoms with Gasteiger partial charge in [0.25, 0.3) is 11.8 Å². The highest BCUT2D eigenvalue weighted by Crippen LogP contribution is 2.18. The van der Waals surface area contributed by atoms with Gasteiger partial charge in [0, 0.05) is 32.4 Å². The highest BCUT2D eigenvalue weighted by molar-refractivity contribution is 6.02. The van der Waals surface area contributed by atoms with Crippen LogP contribution in [0.2, 0.25) is 0 Å². The number of hydrogen-bond acceptors (Lipinski definition) is 6. The molecule has 0 radical (unpaired) electrons. The SMILES string of the molecule is O=C(Nc1ccccn1)c1cncc(N2CCN(C(=O)c3c(F)cccc3F)CC2)n1. The Hall–Kier alpha value is -3.95. The number of carbonyl (C=O) groups is 2. The maximum Gasteiger partial charge on any atom is 0.277 e. The largest absolute Gasteiger partial charge is 0.352 e. The lowest BCUT2D eigenvalue weighted by molar-refractivity contribution is 0.0736. The van der Waals surface area contributed by atoms with Gasteiger partial charge >= 0.3 is 0 Å². The summed E-state index contributed by atoms with van der Waals surface area (Å²) in [6.45, 7) is 1.25. The molecule has 158 valence electrons. The standard InChI is InChI=1S/C21H18F2N6O2/c22-14-4-3-5-15(23)19(14)21(31)29-10-8-28(9-11-29)18-13-24-12-16(26-18)20(30)27-17-6-1-2-7-25-17/h1-7,12-13H,8-11H2,(H,25,27,30). The molecule has 3 heterocycles. The Balaban J connectivity index is 1.42. The zero-order valence-corrected chi connectivity index (χ0v) is 16.3. The van der Waals surface area contributed by atoms with Crippen LogP contribution >= 0.6 is 0 Å². The zero-order chi connectivity index (χ0) is 21.8. The molecule has 0 atom stereocenters. The van der Waals surface area contributed by atoms with Gasteiger partial charge in [-0.1, -0.05) is 12.1 Å². The van der Waals surface area contributed by atoms with Crippen LogP contribution in [-0.4, -0.2) is 57.8 Å². The molecule has 0 saturated carbocycles. The summed E-state index contributed by atoms with van der Waals surface area (Å²) in [7, 11) is 0. The van der Waals surface area contributed by atoms with Crippen LogP contribution in [0.15, 0.2) is 55.0 Å². The molecular formula is C21H18F2N6O2. The molecule has 1 N–H and O–H groups in total. The summed E-state index contributed by atoms with van der Waals surface area (Å²) in [5.74, 6) is -2.04. The number of carbonyl (C=O) groups excluding carboxylic acids is 2. The predicted molar refractivity (Wildman–Crippen MR) is 109 cm³/mol. The minimum absolute atomic E-state index is 0.120. The Morgan fingerprint density at radius 3 is 2.35 bits per heavy atom. The minimum atomic E-state index is -0.884. The van der Waals surface area contributed by atoms with Crippen molar-refractivity contribution in [3.8, 4) is 0 Å². The summed E-state index contributed by atoms with van der Waals surface area (Å²) in [5, 5.41) is 2.64. The number of hydrogen-bond donors (Lipinski definition) is 1. The smallest absolute Gasteiger partial charge is 0.277 e. The van der Waals surface area contributed by atoms with E-state index in [1.807, 2.05) is 4.90 Å². The van der Waals surface area contributed by atoms with Crippen LogP contribution in [0.25, 0.3) is 0 Å². The van der Waals surface area contributed by atoms with Crippen molar-refractivity contribution in [2.75, 3.05) is 36.4 Å². The Kier molecular flexibility index (Phi) is 5.78. The quantitative estimate of drug-likeness (QED) is 0.692. The van der Waals surface area contributed by atoms with Crippen molar-refractivity contribution in [2.24, 2.45) is 0 Å². The van der Waals surface area contributed by atoms with Gasteiger partial charge in [-0.05, 0) is 24.3 Å². The van der Waals surface area contributed by atoms with E-state index in [0.29, 0.717) is 24.7 Å². The first-order valence-electron chi connectivity index (χ1n) is 9.55. The van der Waals surface area contributed by atoms with E-state index in [1.54, 1.807) is 24.4 Å². The van der Waals surface area contributed by atoms with Crippen molar-refractivity contribution < 1.29 is 18.4 Å². The normalized spacial score (nSPS) is 13.7. The van der Waals surface area contributed by atoms with Gasteiger partial charge in [-0.3, -0.25) is 14.6 Å². The van der Waals surface area contributed by atoms with Gasteiger partial charge < -0.3 is 15.1 Å². The molecule has 31 heavy (non-hydrogen) atoms. The monoisotopic (exact) mass is 424 g/mol. The third-order valence-electron chi connectivity index (χ3n) is 4.83. The molecule has 3 aromatic rings. The second-order valence-corrected chi connectivity index (χ2v) is 6.81. The Labute approximate surface area is 176 Å². The number of aromatic nitrogens is 3. The Morgan fingerprint density at radius 1 is 0.935 bits per heavy atom. The van der Waals surface area contributed by atoms with Gasteiger partial charge in [0.1, 0.15) is 34.5 Å². The van der Waals surface area contributed by atoms with Crippen LogP contribution in [-0.2, 0) is 0 Å². The van der Waals surface area contributed by atoms with E-state index in [0.717, 1.165) is 12.1 Å². The highest BCUT2D eigenvalue weighted by atomic mass is 19.1. The number of amides is 2. The third kappa shape index (κ3) is 4.47. The number of pyridine rings is 1. The number of rotatable bonds is 4. The van der Waals surface area contributed by atoms with Crippen molar-refractivity contribution in [3.05, 3.63) is 77.9 Å². The third-order valence-corrected chi connectivity index (χ3v) is 4.83. The van der Waals surface area contributed by atoms with E-state index in [-0.39, 0.29) is 18.8 Å². The van der Waals surface area contributed by atoms with Gasteiger partial charge in [-0.2, -0.15) is 0 Å². The number of halogens is 2. The molecule has 0 bridgehead atoms. The van der Waals surface area contributed by atoms with Crippen molar-refractivity contribution in [1.29, 1.82) is 0 Å². The second-order valence-electron chi connectivity index (χ2n) is 6.81. The lowest BCUT2D eigenvalue weighted by atomic mass is 10.1. The maximum absolute atomic E-state index is 13.9. The van der Waals surface area contributed by atoms with Crippen LogP contribution in [0.3, 0.4) is 0 Å². The van der Waals surface area contributed by atoms with Crippen LogP contribution in [0.1, 0.15) is 20.8 Å². The highest BCUT2D eigenvalue weighted by Gasteiger charge is 2.27. The molecule has 0 unspecified atom stereocenters. The first kappa shape index (κ1) is 20.3. The summed E-state index contributed by atoms with van der Waals surface area (Å²) in [6.07, 6.45) is 4.43. The topological polar surface area (TPSA) is 91.3 Å². The number of piperazine rings is 1. The van der Waals surface area contributed by atoms with Crippen molar-refractivity contribution in [3.63, 3.8) is 0 Å². The Morgan fingerprint density at radius 2 is 1.68 bits per heavy atom. The lowest BCUT2D eigenvalue weighted by Crippen LogP contribution is -2.49. The van der Waals surface area contributed by atoms with Crippen molar-refractivity contribution in [1.82, 2.24) is 19.9 Å². The van der Waals surface area contributed by atoms with Gasteiger partial charge in [0.05, 0.1) is 12.4 Å². The molecular weight excluding hydrogens is 406 g/mol. The molecule has 10 heteroatoms. The summed E-state index contributed by atoms with van der Waals surface area (Å²) in [5.41, 5.74) is -0.431. The molecule has 1 saturated heterocycles. The first-order chi connectivity index (χ1) is 15.0. The van der Waals surface area contributed by atoms with Gasteiger partial charge in [-0.25, -0.2) is 18.7 Å². The molecule has 0 spiro atoms. The molecule has 1 aromatic carbocycles. The van der Waals surface area contributed by atoms with Crippen LogP contribution in [0.4, 0.5) is 20.4 Å². The van der Waals surface area contributed by atoms with Gasteiger partial charge in [0.15, 0.2) is 0 Å². The number of benzene rings is 1. The summed E-state index contributed by atoms with van der Waals surface area (Å²) in [4.78, 5) is 40.7. The van der Waals surface area contributed by atoms with E-state index >= 15 is 0 Å². The number of anilines is 2.